The summed E-state index contributed by atoms with van der Waals surface area (Å²) in [6, 6.07) is 0. The minimum Gasteiger partial charge on any atom is -0.479 e. The van der Waals surface area contributed by atoms with Crippen LogP contribution >= 0.6 is 0 Å². The summed E-state index contributed by atoms with van der Waals surface area (Å²) in [5, 5.41) is 44.4. The van der Waals surface area contributed by atoms with Crippen LogP contribution < -0.4 is 0 Å². The van der Waals surface area contributed by atoms with Crippen molar-refractivity contribution in [3.8, 4) is 0 Å². The van der Waals surface area contributed by atoms with Crippen LogP contribution in [0.15, 0.2) is 0 Å². The molecule has 1 aliphatic heterocycles. The molecule has 0 aromatic rings. The standard InChI is InChI=1S/C6H10O7/c7-1-2(8)4(5(10)11)13-6(12)3(1)9/h1-4,6-9,12H,(H,10,11)/t1-,2+,3+,4+,6-/m1/s1. The third-order valence-electron chi connectivity index (χ3n) is 1.83. The van der Waals surface area contributed by atoms with Crippen LogP contribution in [0.3, 0.4) is 0 Å². The summed E-state index contributed by atoms with van der Waals surface area (Å²) in [7, 11) is 0. The number of aliphatic hydroxyl groups excluding tert-OH is 4. The van der Waals surface area contributed by atoms with Gasteiger partial charge in [-0.3, -0.25) is 0 Å². The number of rotatable bonds is 1. The van der Waals surface area contributed by atoms with Gasteiger partial charge in [-0.15, -0.1) is 0 Å². The maximum absolute atomic E-state index is 10.4. The SMILES string of the molecule is O=C(O)[C@H]1O[C@@H](O)[C@@H](O)[C@H](O)[C@@H]1O. The van der Waals surface area contributed by atoms with E-state index in [-0.39, 0.29) is 0 Å². The molecule has 0 spiro atoms. The molecule has 13 heavy (non-hydrogen) atoms. The second-order valence-corrected chi connectivity index (χ2v) is 2.76. The first-order valence-electron chi connectivity index (χ1n) is 3.55. The van der Waals surface area contributed by atoms with Crippen molar-refractivity contribution in [1.29, 1.82) is 0 Å². The number of hydrogen-bond acceptors (Lipinski definition) is 6. The molecule has 5 N–H and O–H groups in total. The van der Waals surface area contributed by atoms with Crippen LogP contribution in [0.4, 0.5) is 0 Å². The minimum absolute atomic E-state index is 1.52. The lowest BCUT2D eigenvalue weighted by molar-refractivity contribution is -0.279. The first-order chi connectivity index (χ1) is 5.95. The third-order valence-corrected chi connectivity index (χ3v) is 1.83. The second-order valence-electron chi connectivity index (χ2n) is 2.76. The first kappa shape index (κ1) is 10.4. The molecule has 0 bridgehead atoms. The van der Waals surface area contributed by atoms with Gasteiger partial charge >= 0.3 is 5.97 Å². The molecule has 1 fully saturated rings. The van der Waals surface area contributed by atoms with Gasteiger partial charge in [-0.25, -0.2) is 4.79 Å². The minimum atomic E-state index is -1.81. The molecule has 1 rings (SSSR count). The van der Waals surface area contributed by atoms with Crippen molar-refractivity contribution in [2.24, 2.45) is 0 Å². The first-order valence-corrected chi connectivity index (χ1v) is 3.55. The van der Waals surface area contributed by atoms with Crippen molar-refractivity contribution >= 4 is 5.97 Å². The fourth-order valence-corrected chi connectivity index (χ4v) is 1.07. The highest BCUT2D eigenvalue weighted by Gasteiger charge is 2.46. The van der Waals surface area contributed by atoms with Gasteiger partial charge in [-0.05, 0) is 0 Å². The normalized spacial score (nSPS) is 46.0. The van der Waals surface area contributed by atoms with Crippen LogP contribution in [0.1, 0.15) is 0 Å². The molecular formula is C6H10O7. The molecule has 5 atom stereocenters. The number of aliphatic carboxylic acids is 1. The lowest BCUT2D eigenvalue weighted by Gasteiger charge is -2.36. The Morgan fingerprint density at radius 3 is 2.00 bits per heavy atom. The fraction of sp³-hybridized carbons (Fsp3) is 0.833. The van der Waals surface area contributed by atoms with Crippen molar-refractivity contribution in [2.45, 2.75) is 30.7 Å². The van der Waals surface area contributed by atoms with Crippen molar-refractivity contribution in [2.75, 3.05) is 0 Å². The summed E-state index contributed by atoms with van der Waals surface area (Å²) in [6.45, 7) is 0. The molecule has 0 aromatic heterocycles. The quantitative estimate of drug-likeness (QED) is 0.298. The molecule has 0 radical (unpaired) electrons. The highest BCUT2D eigenvalue weighted by atomic mass is 16.6. The maximum atomic E-state index is 10.4. The van der Waals surface area contributed by atoms with E-state index < -0.39 is 36.7 Å². The Morgan fingerprint density at radius 2 is 1.54 bits per heavy atom. The Labute approximate surface area is 72.8 Å². The van der Waals surface area contributed by atoms with Crippen molar-refractivity contribution in [3.63, 3.8) is 0 Å². The lowest BCUT2D eigenvalue weighted by Crippen LogP contribution is -2.59. The van der Waals surface area contributed by atoms with Crippen LogP contribution in [0.5, 0.6) is 0 Å². The van der Waals surface area contributed by atoms with E-state index in [4.69, 9.17) is 25.5 Å². The third kappa shape index (κ3) is 1.79. The van der Waals surface area contributed by atoms with Gasteiger partial charge in [-0.2, -0.15) is 0 Å². The Bertz CT molecular complexity index is 205. The molecule has 1 saturated heterocycles. The molecule has 1 aliphatic rings. The summed E-state index contributed by atoms with van der Waals surface area (Å²) >= 11 is 0. The van der Waals surface area contributed by atoms with Crippen LogP contribution in [-0.4, -0.2) is 62.2 Å². The molecule has 7 heteroatoms. The van der Waals surface area contributed by atoms with Crippen LogP contribution in [0, 0.1) is 0 Å². The van der Waals surface area contributed by atoms with Gasteiger partial charge in [0.15, 0.2) is 12.4 Å². The molecule has 7 nitrogen and oxygen atoms in total. The van der Waals surface area contributed by atoms with Crippen molar-refractivity contribution in [1.82, 2.24) is 0 Å². The van der Waals surface area contributed by atoms with E-state index in [9.17, 15) is 4.79 Å². The fourth-order valence-electron chi connectivity index (χ4n) is 1.07. The predicted octanol–water partition coefficient (Wildman–Crippen LogP) is -3.13. The van der Waals surface area contributed by atoms with Gasteiger partial charge < -0.3 is 30.3 Å². The second kappa shape index (κ2) is 3.56. The summed E-state index contributed by atoms with van der Waals surface area (Å²) in [5.74, 6) is -1.52. The Balaban J connectivity index is 2.76. The topological polar surface area (TPSA) is 127 Å². The average Bonchev–Trinajstić information content (AvgIpc) is 2.07. The van der Waals surface area contributed by atoms with Crippen molar-refractivity contribution in [3.05, 3.63) is 0 Å². The molecular weight excluding hydrogens is 184 g/mol. The Morgan fingerprint density at radius 1 is 1.00 bits per heavy atom. The van der Waals surface area contributed by atoms with E-state index >= 15 is 0 Å². The van der Waals surface area contributed by atoms with Gasteiger partial charge in [0.2, 0.25) is 0 Å². The van der Waals surface area contributed by atoms with Crippen molar-refractivity contribution < 1.29 is 35.1 Å². The largest absolute Gasteiger partial charge is 0.479 e. The summed E-state index contributed by atoms with van der Waals surface area (Å²) < 4.78 is 4.34. The Hall–Kier alpha value is -0.730. The Kier molecular flexibility index (Phi) is 2.84. The van der Waals surface area contributed by atoms with Gasteiger partial charge in [0, 0.05) is 0 Å². The highest BCUT2D eigenvalue weighted by Crippen LogP contribution is 2.19. The number of carboxylic acids is 1. The molecule has 0 aromatic carbocycles. The van der Waals surface area contributed by atoms with Gasteiger partial charge in [0.05, 0.1) is 0 Å². The number of carbonyl (C=O) groups is 1. The van der Waals surface area contributed by atoms with E-state index in [1.54, 1.807) is 0 Å². The molecule has 0 aliphatic carbocycles. The predicted molar refractivity (Wildman–Crippen MR) is 36.5 cm³/mol. The van der Waals surface area contributed by atoms with E-state index in [2.05, 4.69) is 4.74 Å². The summed E-state index contributed by atoms with van der Waals surface area (Å²) in [5.41, 5.74) is 0. The number of ether oxygens (including phenoxy) is 1. The number of aliphatic hydroxyl groups is 4. The van der Waals surface area contributed by atoms with Gasteiger partial charge in [0.25, 0.3) is 0 Å². The van der Waals surface area contributed by atoms with E-state index in [0.29, 0.717) is 0 Å². The van der Waals surface area contributed by atoms with Crippen LogP contribution in [0.2, 0.25) is 0 Å². The molecule has 0 unspecified atom stereocenters. The van der Waals surface area contributed by atoms with E-state index in [1.165, 1.54) is 0 Å². The van der Waals surface area contributed by atoms with Gasteiger partial charge in [0.1, 0.15) is 18.3 Å². The van der Waals surface area contributed by atoms with E-state index in [1.807, 2.05) is 0 Å². The zero-order chi connectivity index (χ0) is 10.2. The number of hydrogen-bond donors (Lipinski definition) is 5. The maximum Gasteiger partial charge on any atom is 0.335 e. The number of carboxylic acid groups (broad SMARTS) is 1. The molecule has 76 valence electrons. The van der Waals surface area contributed by atoms with Crippen LogP contribution in [-0.2, 0) is 9.53 Å². The summed E-state index contributed by atoms with van der Waals surface area (Å²) in [6.07, 6.45) is -8.72. The van der Waals surface area contributed by atoms with Gasteiger partial charge in [-0.1, -0.05) is 0 Å². The molecule has 0 saturated carbocycles. The zero-order valence-electron chi connectivity index (χ0n) is 6.44. The molecule has 1 heterocycles. The van der Waals surface area contributed by atoms with Crippen LogP contribution in [0.25, 0.3) is 0 Å². The van der Waals surface area contributed by atoms with E-state index in [0.717, 1.165) is 0 Å². The average molecular weight is 194 g/mol. The smallest absolute Gasteiger partial charge is 0.335 e. The zero-order valence-corrected chi connectivity index (χ0v) is 6.44. The molecule has 0 amide bonds. The monoisotopic (exact) mass is 194 g/mol. The highest BCUT2D eigenvalue weighted by molar-refractivity contribution is 5.73. The lowest BCUT2D eigenvalue weighted by atomic mass is 9.99. The summed E-state index contributed by atoms with van der Waals surface area (Å²) in [4.78, 5) is 10.4.